The molecule has 0 N–H and O–H groups in total. The van der Waals surface area contributed by atoms with Crippen LogP contribution in [0.3, 0.4) is 0 Å². The van der Waals surface area contributed by atoms with Crippen molar-refractivity contribution in [1.82, 2.24) is 4.31 Å². The fraction of sp³-hybridized carbons (Fsp3) is 0.357. The molecule has 14 heteroatoms. The SMILES string of the molecule is C[C@H](c1ccc(F)cc1CCCCS(=O)(=O)N1CCS(=O)CC1)N(c1cc(F)ccc1F)S(=O)(=O)c1ccc(Cl)cc1. The third kappa shape index (κ3) is 7.54. The van der Waals surface area contributed by atoms with E-state index in [0.29, 0.717) is 29.1 Å². The van der Waals surface area contributed by atoms with Crippen molar-refractivity contribution in [2.75, 3.05) is 34.7 Å². The van der Waals surface area contributed by atoms with Gasteiger partial charge in [0.25, 0.3) is 10.0 Å². The largest absolute Gasteiger partial charge is 0.264 e. The molecule has 0 aliphatic carbocycles. The van der Waals surface area contributed by atoms with E-state index in [2.05, 4.69) is 0 Å². The number of anilines is 1. The molecule has 0 aromatic heterocycles. The minimum absolute atomic E-state index is 0.147. The van der Waals surface area contributed by atoms with Gasteiger partial charge < -0.3 is 0 Å². The number of halogens is 4. The van der Waals surface area contributed by atoms with Crippen molar-refractivity contribution < 1.29 is 34.2 Å². The average molecular weight is 663 g/mol. The van der Waals surface area contributed by atoms with Crippen molar-refractivity contribution >= 4 is 48.1 Å². The van der Waals surface area contributed by atoms with Crippen LogP contribution in [0, 0.1) is 17.5 Å². The Balaban J connectivity index is 1.62. The van der Waals surface area contributed by atoms with Gasteiger partial charge in [0.2, 0.25) is 10.0 Å². The summed E-state index contributed by atoms with van der Waals surface area (Å²) in [5.74, 6) is -1.97. The first-order valence-electron chi connectivity index (χ1n) is 13.2. The molecule has 1 aliphatic rings. The highest BCUT2D eigenvalue weighted by Gasteiger charge is 2.34. The Morgan fingerprint density at radius 2 is 1.52 bits per heavy atom. The molecule has 1 saturated heterocycles. The lowest BCUT2D eigenvalue weighted by Crippen LogP contribution is -2.42. The van der Waals surface area contributed by atoms with Gasteiger partial charge in [0, 0.05) is 46.5 Å². The zero-order chi connectivity index (χ0) is 30.7. The van der Waals surface area contributed by atoms with E-state index in [9.17, 15) is 29.8 Å². The summed E-state index contributed by atoms with van der Waals surface area (Å²) in [4.78, 5) is -0.210. The molecular formula is C28H30ClF3N2O5S3. The van der Waals surface area contributed by atoms with Gasteiger partial charge in [0.15, 0.2) is 0 Å². The Kier molecular flexibility index (Phi) is 10.4. The molecule has 1 fully saturated rings. The Labute approximate surface area is 251 Å². The molecule has 42 heavy (non-hydrogen) atoms. The van der Waals surface area contributed by atoms with Crippen LogP contribution >= 0.6 is 11.6 Å². The molecule has 0 bridgehead atoms. The average Bonchev–Trinajstić information content (AvgIpc) is 2.93. The lowest BCUT2D eigenvalue weighted by Gasteiger charge is -2.32. The maximum Gasteiger partial charge on any atom is 0.264 e. The number of aryl methyl sites for hydroxylation is 1. The molecule has 1 heterocycles. The normalized spacial score (nSPS) is 15.9. The fourth-order valence-electron chi connectivity index (χ4n) is 4.87. The van der Waals surface area contributed by atoms with Gasteiger partial charge >= 0.3 is 0 Å². The molecular weight excluding hydrogens is 633 g/mol. The number of rotatable bonds is 11. The predicted molar refractivity (Wildman–Crippen MR) is 158 cm³/mol. The van der Waals surface area contributed by atoms with Crippen LogP contribution in [-0.4, -0.2) is 55.7 Å². The van der Waals surface area contributed by atoms with Crippen LogP contribution in [0.2, 0.25) is 5.02 Å². The Morgan fingerprint density at radius 3 is 2.19 bits per heavy atom. The zero-order valence-corrected chi connectivity index (χ0v) is 25.9. The summed E-state index contributed by atoms with van der Waals surface area (Å²) in [6, 6.07) is 10.4. The van der Waals surface area contributed by atoms with E-state index in [4.69, 9.17) is 11.6 Å². The van der Waals surface area contributed by atoms with Gasteiger partial charge in [0.1, 0.15) is 17.5 Å². The first kappa shape index (κ1) is 32.5. The first-order valence-corrected chi connectivity index (χ1v) is 18.1. The maximum atomic E-state index is 15.1. The second-order valence-corrected chi connectivity index (χ2v) is 15.9. The van der Waals surface area contributed by atoms with E-state index in [1.165, 1.54) is 47.6 Å². The Bertz CT molecular complexity index is 1660. The van der Waals surface area contributed by atoms with Crippen LogP contribution in [-0.2, 0) is 37.3 Å². The van der Waals surface area contributed by atoms with Crippen LogP contribution in [0.5, 0.6) is 0 Å². The molecule has 228 valence electrons. The second-order valence-electron chi connectivity index (χ2n) is 9.89. The summed E-state index contributed by atoms with van der Waals surface area (Å²) in [5.41, 5.74) is 0.224. The molecule has 0 saturated carbocycles. The van der Waals surface area contributed by atoms with E-state index < -0.39 is 60.0 Å². The monoisotopic (exact) mass is 662 g/mol. The van der Waals surface area contributed by atoms with Gasteiger partial charge in [-0.15, -0.1) is 0 Å². The minimum Gasteiger partial charge on any atom is -0.259 e. The van der Waals surface area contributed by atoms with Crippen LogP contribution in [0.4, 0.5) is 18.9 Å². The van der Waals surface area contributed by atoms with Crippen molar-refractivity contribution in [3.8, 4) is 0 Å². The number of unbranched alkanes of at least 4 members (excludes halogenated alkanes) is 1. The molecule has 3 aromatic carbocycles. The van der Waals surface area contributed by atoms with Crippen molar-refractivity contribution in [3.63, 3.8) is 0 Å². The Hall–Kier alpha value is -2.45. The molecule has 1 atom stereocenters. The number of hydrogen-bond acceptors (Lipinski definition) is 5. The zero-order valence-electron chi connectivity index (χ0n) is 22.7. The summed E-state index contributed by atoms with van der Waals surface area (Å²) in [7, 11) is -9.05. The highest BCUT2D eigenvalue weighted by Crippen LogP contribution is 2.37. The minimum atomic E-state index is -4.48. The molecule has 0 unspecified atom stereocenters. The molecule has 0 spiro atoms. The van der Waals surface area contributed by atoms with Gasteiger partial charge in [-0.05, 0) is 85.8 Å². The fourth-order valence-corrected chi connectivity index (χ4v) is 9.49. The van der Waals surface area contributed by atoms with Crippen LogP contribution in [0.1, 0.15) is 36.9 Å². The standard InChI is InChI=1S/C28H30ClF3N2O5S3/c1-20(34(28-19-24(31)8-12-27(28)32)42(38,39)25-9-5-22(29)6-10-25)26-11-7-23(30)18-21(26)4-2-3-17-41(36,37)33-13-15-40(35)16-14-33/h5-12,18-20H,2-4,13-17H2,1H3/t20-/m1/s1. The lowest BCUT2D eigenvalue weighted by atomic mass is 9.97. The molecule has 1 aliphatic heterocycles. The Morgan fingerprint density at radius 1 is 0.905 bits per heavy atom. The van der Waals surface area contributed by atoms with Crippen molar-refractivity contribution in [2.24, 2.45) is 0 Å². The molecule has 0 amide bonds. The summed E-state index contributed by atoms with van der Waals surface area (Å²) in [5, 5.41) is 0.281. The van der Waals surface area contributed by atoms with E-state index in [1.54, 1.807) is 0 Å². The molecule has 7 nitrogen and oxygen atoms in total. The first-order chi connectivity index (χ1) is 19.8. The van der Waals surface area contributed by atoms with Gasteiger partial charge in [-0.3, -0.25) is 8.51 Å². The smallest absolute Gasteiger partial charge is 0.259 e. The van der Waals surface area contributed by atoms with E-state index in [0.717, 1.165) is 28.6 Å². The summed E-state index contributed by atoms with van der Waals surface area (Å²) in [6.45, 7) is 1.89. The molecule has 0 radical (unpaired) electrons. The third-order valence-electron chi connectivity index (χ3n) is 7.05. The lowest BCUT2D eigenvalue weighted by molar-refractivity contribution is 0.437. The van der Waals surface area contributed by atoms with Gasteiger partial charge in [-0.25, -0.2) is 34.3 Å². The van der Waals surface area contributed by atoms with Crippen LogP contribution in [0.25, 0.3) is 0 Å². The number of benzene rings is 3. The van der Waals surface area contributed by atoms with Gasteiger partial charge in [0.05, 0.1) is 22.4 Å². The topological polar surface area (TPSA) is 91.8 Å². The van der Waals surface area contributed by atoms with Gasteiger partial charge in [-0.1, -0.05) is 17.7 Å². The van der Waals surface area contributed by atoms with Crippen molar-refractivity contribution in [1.29, 1.82) is 0 Å². The highest BCUT2D eigenvalue weighted by molar-refractivity contribution is 7.92. The summed E-state index contributed by atoms with van der Waals surface area (Å²) >= 11 is 5.93. The summed E-state index contributed by atoms with van der Waals surface area (Å²) in [6.07, 6.45) is 0.787. The summed E-state index contributed by atoms with van der Waals surface area (Å²) < 4.78 is 111. The number of hydrogen-bond donors (Lipinski definition) is 0. The molecule has 4 rings (SSSR count). The highest BCUT2D eigenvalue weighted by atomic mass is 35.5. The number of nitrogens with zero attached hydrogens (tertiary/aromatic N) is 2. The van der Waals surface area contributed by atoms with E-state index in [-0.39, 0.29) is 41.6 Å². The predicted octanol–water partition coefficient (Wildman–Crippen LogP) is 5.43. The van der Waals surface area contributed by atoms with Crippen LogP contribution < -0.4 is 4.31 Å². The van der Waals surface area contributed by atoms with Crippen LogP contribution in [0.15, 0.2) is 65.6 Å². The molecule has 3 aromatic rings. The third-order valence-corrected chi connectivity index (χ3v) is 12.4. The van der Waals surface area contributed by atoms with Crippen molar-refractivity contribution in [3.05, 3.63) is 94.3 Å². The van der Waals surface area contributed by atoms with E-state index >= 15 is 4.39 Å². The van der Waals surface area contributed by atoms with Gasteiger partial charge in [-0.2, -0.15) is 0 Å². The van der Waals surface area contributed by atoms with Crippen molar-refractivity contribution in [2.45, 2.75) is 37.1 Å². The second kappa shape index (κ2) is 13.5. The van der Waals surface area contributed by atoms with E-state index in [1.807, 2.05) is 0 Å². The number of sulfonamides is 2. The quantitative estimate of drug-likeness (QED) is 0.256. The maximum absolute atomic E-state index is 15.1.